The summed E-state index contributed by atoms with van der Waals surface area (Å²) in [5.74, 6) is 0.0615. The minimum atomic E-state index is 0.0615. The van der Waals surface area contributed by atoms with Gasteiger partial charge in [-0.05, 0) is 34.8 Å². The normalized spacial score (nSPS) is 11.0. The second-order valence-corrected chi connectivity index (χ2v) is 4.59. The molecule has 0 spiro atoms. The van der Waals surface area contributed by atoms with Crippen molar-refractivity contribution in [3.63, 3.8) is 0 Å². The fraction of sp³-hybridized carbons (Fsp3) is 0. The van der Waals surface area contributed by atoms with Crippen molar-refractivity contribution < 1.29 is 5.11 Å². The maximum atomic E-state index is 10.5. The minimum Gasteiger partial charge on any atom is -0.507 e. The molecule has 0 unspecified atom stereocenters. The van der Waals surface area contributed by atoms with Gasteiger partial charge in [0.15, 0.2) is 0 Å². The number of rotatable bonds is 3. The molecule has 0 bridgehead atoms. The van der Waals surface area contributed by atoms with Crippen LogP contribution in [0.4, 0.5) is 11.4 Å². The molecule has 0 atom stereocenters. The summed E-state index contributed by atoms with van der Waals surface area (Å²) in [5.41, 5.74) is 1.52. The Morgan fingerprint density at radius 2 is 1.76 bits per heavy atom. The molecule has 21 heavy (non-hydrogen) atoms. The average molecular weight is 276 g/mol. The zero-order chi connectivity index (χ0) is 14.7. The molecular formula is C17H12N2O2. The van der Waals surface area contributed by atoms with Crippen molar-refractivity contribution in [3.8, 4) is 5.75 Å². The van der Waals surface area contributed by atoms with Gasteiger partial charge in [0.05, 0.1) is 5.69 Å². The van der Waals surface area contributed by atoms with Crippen molar-refractivity contribution in [2.24, 2.45) is 10.2 Å². The zero-order valence-corrected chi connectivity index (χ0v) is 11.1. The zero-order valence-electron chi connectivity index (χ0n) is 11.1. The first-order chi connectivity index (χ1) is 10.3. The van der Waals surface area contributed by atoms with E-state index in [1.54, 1.807) is 0 Å². The first-order valence-electron chi connectivity index (χ1n) is 6.46. The fourth-order valence-corrected chi connectivity index (χ4v) is 2.16. The summed E-state index contributed by atoms with van der Waals surface area (Å²) in [4.78, 5) is 15.0. The molecule has 3 aromatic carbocycles. The van der Waals surface area contributed by atoms with Crippen LogP contribution in [0.1, 0.15) is 5.56 Å². The maximum Gasteiger partial charge on any atom is 0.124 e. The molecule has 102 valence electrons. The number of aromatic hydroxyl groups is 1. The number of phenolic OH excluding ortho intramolecular Hbond substituents is 1. The Kier molecular flexibility index (Phi) is 3.43. The van der Waals surface area contributed by atoms with Crippen LogP contribution in [-0.2, 0) is 0 Å². The highest BCUT2D eigenvalue weighted by molar-refractivity contribution is 5.96. The SMILES string of the molecule is O=Nc1ccc(O)c(C=Nc2cccc3ccccc23)c1. The van der Waals surface area contributed by atoms with E-state index in [-0.39, 0.29) is 11.4 Å². The van der Waals surface area contributed by atoms with Crippen LogP contribution in [0.15, 0.2) is 70.8 Å². The quantitative estimate of drug-likeness (QED) is 0.557. The molecule has 3 aromatic rings. The van der Waals surface area contributed by atoms with Crippen molar-refractivity contribution in [2.45, 2.75) is 0 Å². The Hall–Kier alpha value is -3.01. The molecule has 0 aliphatic rings. The summed E-state index contributed by atoms with van der Waals surface area (Å²) in [6, 6.07) is 18.2. The molecule has 0 saturated carbocycles. The van der Waals surface area contributed by atoms with E-state index in [4.69, 9.17) is 0 Å². The van der Waals surface area contributed by atoms with Gasteiger partial charge >= 0.3 is 0 Å². The van der Waals surface area contributed by atoms with Gasteiger partial charge in [-0.1, -0.05) is 36.4 Å². The standard InChI is InChI=1S/C17H12N2O2/c20-17-9-8-14(19-21)10-13(17)11-18-16-7-3-5-12-4-1-2-6-15(12)16/h1-11,20H. The molecule has 0 aromatic heterocycles. The number of fused-ring (bicyclic) bond motifs is 1. The number of aliphatic imine (C=N–C) groups is 1. The Balaban J connectivity index is 2.04. The van der Waals surface area contributed by atoms with Gasteiger partial charge in [0.25, 0.3) is 0 Å². The lowest BCUT2D eigenvalue weighted by Crippen LogP contribution is -1.82. The van der Waals surface area contributed by atoms with E-state index in [0.29, 0.717) is 5.56 Å². The molecule has 0 heterocycles. The summed E-state index contributed by atoms with van der Waals surface area (Å²) in [5, 5.41) is 14.8. The van der Waals surface area contributed by atoms with Gasteiger partial charge in [0.1, 0.15) is 11.4 Å². The number of phenols is 1. The Morgan fingerprint density at radius 1 is 0.952 bits per heavy atom. The molecule has 0 aliphatic carbocycles. The number of benzene rings is 3. The summed E-state index contributed by atoms with van der Waals surface area (Å²) >= 11 is 0. The lowest BCUT2D eigenvalue weighted by atomic mass is 10.1. The molecule has 4 nitrogen and oxygen atoms in total. The van der Waals surface area contributed by atoms with E-state index < -0.39 is 0 Å². The van der Waals surface area contributed by atoms with E-state index in [9.17, 15) is 10.0 Å². The maximum absolute atomic E-state index is 10.5. The van der Waals surface area contributed by atoms with Crippen LogP contribution < -0.4 is 0 Å². The van der Waals surface area contributed by atoms with Crippen molar-refractivity contribution in [1.82, 2.24) is 0 Å². The molecule has 0 radical (unpaired) electrons. The molecule has 0 amide bonds. The molecule has 4 heteroatoms. The van der Waals surface area contributed by atoms with Crippen molar-refractivity contribution in [2.75, 3.05) is 0 Å². The second-order valence-electron chi connectivity index (χ2n) is 4.59. The lowest BCUT2D eigenvalue weighted by molar-refractivity contribution is 0.474. The lowest BCUT2D eigenvalue weighted by Gasteiger charge is -2.02. The first-order valence-corrected chi connectivity index (χ1v) is 6.46. The molecular weight excluding hydrogens is 264 g/mol. The fourth-order valence-electron chi connectivity index (χ4n) is 2.16. The van der Waals surface area contributed by atoms with Crippen LogP contribution in [0.2, 0.25) is 0 Å². The van der Waals surface area contributed by atoms with Crippen LogP contribution >= 0.6 is 0 Å². The Bertz CT molecular complexity index is 836. The highest BCUT2D eigenvalue weighted by Crippen LogP contribution is 2.27. The van der Waals surface area contributed by atoms with Crippen LogP contribution in [-0.4, -0.2) is 11.3 Å². The van der Waals surface area contributed by atoms with E-state index in [2.05, 4.69) is 10.2 Å². The van der Waals surface area contributed by atoms with Gasteiger partial charge in [-0.2, -0.15) is 0 Å². The van der Waals surface area contributed by atoms with Gasteiger partial charge in [-0.25, -0.2) is 0 Å². The van der Waals surface area contributed by atoms with E-state index in [1.807, 2.05) is 42.5 Å². The highest BCUT2D eigenvalue weighted by atomic mass is 16.3. The monoisotopic (exact) mass is 276 g/mol. The van der Waals surface area contributed by atoms with Gasteiger partial charge in [0, 0.05) is 17.2 Å². The first kappa shape index (κ1) is 13.0. The molecule has 0 aliphatic heterocycles. The molecule has 0 fully saturated rings. The van der Waals surface area contributed by atoms with Crippen molar-refractivity contribution >= 4 is 28.4 Å². The minimum absolute atomic E-state index is 0.0615. The van der Waals surface area contributed by atoms with Crippen molar-refractivity contribution in [3.05, 3.63) is 71.1 Å². The number of hydrogen-bond acceptors (Lipinski definition) is 4. The van der Waals surface area contributed by atoms with Gasteiger partial charge in [-0.3, -0.25) is 4.99 Å². The third kappa shape index (κ3) is 2.65. The predicted octanol–water partition coefficient (Wildman–Crippen LogP) is 4.69. The Labute approximate surface area is 121 Å². The van der Waals surface area contributed by atoms with Gasteiger partial charge in [0.2, 0.25) is 0 Å². The Morgan fingerprint density at radius 3 is 2.62 bits per heavy atom. The number of hydrogen-bond donors (Lipinski definition) is 1. The highest BCUT2D eigenvalue weighted by Gasteiger charge is 2.02. The summed E-state index contributed by atoms with van der Waals surface area (Å²) in [6.07, 6.45) is 1.53. The average Bonchev–Trinajstić information content (AvgIpc) is 2.54. The summed E-state index contributed by atoms with van der Waals surface area (Å²) < 4.78 is 0. The van der Waals surface area contributed by atoms with Gasteiger partial charge in [-0.15, -0.1) is 4.91 Å². The van der Waals surface area contributed by atoms with Crippen LogP contribution in [0.3, 0.4) is 0 Å². The molecule has 1 N–H and O–H groups in total. The van der Waals surface area contributed by atoms with Crippen LogP contribution in [0, 0.1) is 4.91 Å². The smallest absolute Gasteiger partial charge is 0.124 e. The van der Waals surface area contributed by atoms with Crippen molar-refractivity contribution in [1.29, 1.82) is 0 Å². The molecule has 0 saturated heterocycles. The topological polar surface area (TPSA) is 62.0 Å². The number of nitroso groups, excluding NO2 is 1. The number of nitrogens with zero attached hydrogens (tertiary/aromatic N) is 2. The van der Waals surface area contributed by atoms with Crippen LogP contribution in [0.5, 0.6) is 5.75 Å². The van der Waals surface area contributed by atoms with Gasteiger partial charge < -0.3 is 5.11 Å². The summed E-state index contributed by atoms with van der Waals surface area (Å²) in [6.45, 7) is 0. The third-order valence-corrected chi connectivity index (χ3v) is 3.23. The largest absolute Gasteiger partial charge is 0.507 e. The summed E-state index contributed by atoms with van der Waals surface area (Å²) in [7, 11) is 0. The predicted molar refractivity (Wildman–Crippen MR) is 84.8 cm³/mol. The third-order valence-electron chi connectivity index (χ3n) is 3.23. The van der Waals surface area contributed by atoms with E-state index in [1.165, 1.54) is 24.4 Å². The van der Waals surface area contributed by atoms with E-state index in [0.717, 1.165) is 16.5 Å². The molecule has 3 rings (SSSR count). The van der Waals surface area contributed by atoms with E-state index >= 15 is 0 Å². The van der Waals surface area contributed by atoms with Crippen LogP contribution in [0.25, 0.3) is 10.8 Å². The second kappa shape index (κ2) is 5.54.